The Labute approximate surface area is 160 Å². The van der Waals surface area contributed by atoms with E-state index in [-0.39, 0.29) is 5.91 Å². The van der Waals surface area contributed by atoms with Gasteiger partial charge in [0.2, 0.25) is 0 Å². The van der Waals surface area contributed by atoms with Crippen LogP contribution < -0.4 is 9.80 Å². The van der Waals surface area contributed by atoms with Gasteiger partial charge in [0.1, 0.15) is 0 Å². The number of amides is 1. The second-order valence-electron chi connectivity index (χ2n) is 7.17. The Morgan fingerprint density at radius 3 is 1.96 bits per heavy atom. The molecule has 0 radical (unpaired) electrons. The maximum Gasteiger partial charge on any atom is 0.255 e. The Balaban J connectivity index is 1.35. The summed E-state index contributed by atoms with van der Waals surface area (Å²) in [6, 6.07) is 7.76. The second-order valence-corrected chi connectivity index (χ2v) is 7.17. The highest BCUT2D eigenvalue weighted by atomic mass is 16.2. The lowest BCUT2D eigenvalue weighted by atomic mass is 10.2. The third-order valence-corrected chi connectivity index (χ3v) is 5.37. The quantitative estimate of drug-likeness (QED) is 0.830. The zero-order valence-corrected chi connectivity index (χ0v) is 15.6. The number of hydrogen-bond acceptors (Lipinski definition) is 6. The molecule has 2 fully saturated rings. The molecule has 1 amide bonds. The van der Waals surface area contributed by atoms with Gasteiger partial charge < -0.3 is 14.7 Å². The van der Waals surface area contributed by atoms with Crippen LogP contribution in [-0.2, 0) is 0 Å². The summed E-state index contributed by atoms with van der Waals surface area (Å²) >= 11 is 0. The van der Waals surface area contributed by atoms with Crippen molar-refractivity contribution in [2.24, 2.45) is 0 Å². The molecule has 0 spiro atoms. The van der Waals surface area contributed by atoms with E-state index in [9.17, 15) is 4.79 Å². The van der Waals surface area contributed by atoms with E-state index in [0.717, 1.165) is 37.8 Å². The summed E-state index contributed by atoms with van der Waals surface area (Å²) in [6.45, 7) is 5.05. The molecule has 0 bridgehead atoms. The van der Waals surface area contributed by atoms with Gasteiger partial charge in [-0.2, -0.15) is 0 Å². The van der Waals surface area contributed by atoms with Gasteiger partial charge in [0, 0.05) is 51.7 Å². The first-order valence-corrected chi connectivity index (χ1v) is 9.84. The van der Waals surface area contributed by atoms with E-state index in [2.05, 4.69) is 37.1 Å². The molecule has 27 heavy (non-hydrogen) atoms. The van der Waals surface area contributed by atoms with Crippen LogP contribution >= 0.6 is 0 Å². The highest BCUT2D eigenvalue weighted by Gasteiger charge is 2.23. The van der Waals surface area contributed by atoms with Crippen LogP contribution in [-0.4, -0.2) is 65.3 Å². The number of aromatic nitrogens is 3. The fraction of sp³-hybridized carbons (Fsp3) is 0.500. The molecule has 0 aromatic carbocycles. The molecule has 2 aliphatic rings. The van der Waals surface area contributed by atoms with Crippen molar-refractivity contribution in [3.05, 3.63) is 42.2 Å². The molecule has 0 saturated carbocycles. The van der Waals surface area contributed by atoms with Crippen LogP contribution in [0.1, 0.15) is 36.0 Å². The molecule has 7 nitrogen and oxygen atoms in total. The van der Waals surface area contributed by atoms with Crippen molar-refractivity contribution in [2.75, 3.05) is 49.1 Å². The van der Waals surface area contributed by atoms with Gasteiger partial charge in [-0.15, -0.1) is 10.2 Å². The Morgan fingerprint density at radius 1 is 0.778 bits per heavy atom. The minimum absolute atomic E-state index is 0.0466. The summed E-state index contributed by atoms with van der Waals surface area (Å²) in [5, 5.41) is 8.92. The molecule has 0 aliphatic carbocycles. The van der Waals surface area contributed by atoms with Crippen LogP contribution in [0.4, 0.5) is 11.6 Å². The SMILES string of the molecule is O=C(c1cccnc1)N1CCN(c2ccc(N3CCCCCC3)nn2)CC1. The van der Waals surface area contributed by atoms with Crippen LogP contribution in [0, 0.1) is 0 Å². The number of carbonyl (C=O) groups is 1. The van der Waals surface area contributed by atoms with Crippen molar-refractivity contribution in [3.8, 4) is 0 Å². The molecular weight excluding hydrogens is 340 g/mol. The molecule has 142 valence electrons. The summed E-state index contributed by atoms with van der Waals surface area (Å²) in [6.07, 6.45) is 8.39. The average Bonchev–Trinajstić information content (AvgIpc) is 3.04. The van der Waals surface area contributed by atoms with Gasteiger partial charge in [0.15, 0.2) is 11.6 Å². The van der Waals surface area contributed by atoms with E-state index in [1.807, 2.05) is 11.0 Å². The largest absolute Gasteiger partial charge is 0.355 e. The average molecular weight is 366 g/mol. The Kier molecular flexibility index (Phi) is 5.46. The van der Waals surface area contributed by atoms with Gasteiger partial charge in [-0.1, -0.05) is 12.8 Å². The zero-order chi connectivity index (χ0) is 18.5. The maximum absolute atomic E-state index is 12.5. The van der Waals surface area contributed by atoms with Crippen LogP contribution in [0.2, 0.25) is 0 Å². The van der Waals surface area contributed by atoms with Crippen molar-refractivity contribution in [3.63, 3.8) is 0 Å². The summed E-state index contributed by atoms with van der Waals surface area (Å²) in [5.74, 6) is 1.92. The third-order valence-electron chi connectivity index (χ3n) is 5.37. The monoisotopic (exact) mass is 366 g/mol. The fourth-order valence-electron chi connectivity index (χ4n) is 3.77. The number of rotatable bonds is 3. The normalized spacial score (nSPS) is 18.3. The minimum Gasteiger partial charge on any atom is -0.355 e. The molecule has 0 atom stereocenters. The first-order chi connectivity index (χ1) is 13.3. The number of nitrogens with zero attached hydrogens (tertiary/aromatic N) is 6. The summed E-state index contributed by atoms with van der Waals surface area (Å²) in [5.41, 5.74) is 0.646. The fourth-order valence-corrected chi connectivity index (χ4v) is 3.77. The Bertz CT molecular complexity index is 735. The number of anilines is 2. The van der Waals surface area contributed by atoms with Gasteiger partial charge in [-0.25, -0.2) is 0 Å². The van der Waals surface area contributed by atoms with Gasteiger partial charge >= 0.3 is 0 Å². The van der Waals surface area contributed by atoms with Crippen molar-refractivity contribution in [1.82, 2.24) is 20.1 Å². The number of pyridine rings is 1. The van der Waals surface area contributed by atoms with Crippen molar-refractivity contribution in [2.45, 2.75) is 25.7 Å². The van der Waals surface area contributed by atoms with Crippen LogP contribution in [0.3, 0.4) is 0 Å². The van der Waals surface area contributed by atoms with E-state index in [0.29, 0.717) is 18.7 Å². The zero-order valence-electron chi connectivity index (χ0n) is 15.6. The van der Waals surface area contributed by atoms with Gasteiger partial charge in [0.05, 0.1) is 5.56 Å². The molecule has 4 heterocycles. The van der Waals surface area contributed by atoms with Crippen molar-refractivity contribution < 1.29 is 4.79 Å². The molecule has 4 rings (SSSR count). The lowest BCUT2D eigenvalue weighted by molar-refractivity contribution is 0.0746. The number of carbonyl (C=O) groups excluding carboxylic acids is 1. The van der Waals surface area contributed by atoms with Crippen LogP contribution in [0.5, 0.6) is 0 Å². The van der Waals surface area contributed by atoms with Gasteiger partial charge in [-0.05, 0) is 37.1 Å². The smallest absolute Gasteiger partial charge is 0.255 e. The second kappa shape index (κ2) is 8.33. The topological polar surface area (TPSA) is 65.5 Å². The summed E-state index contributed by atoms with van der Waals surface area (Å²) in [7, 11) is 0. The first kappa shape index (κ1) is 17.7. The number of hydrogen-bond donors (Lipinski definition) is 0. The third kappa shape index (κ3) is 4.18. The van der Waals surface area contributed by atoms with Crippen molar-refractivity contribution >= 4 is 17.5 Å². The maximum atomic E-state index is 12.5. The molecule has 2 aliphatic heterocycles. The highest BCUT2D eigenvalue weighted by Crippen LogP contribution is 2.20. The molecule has 2 aromatic rings. The van der Waals surface area contributed by atoms with E-state index < -0.39 is 0 Å². The van der Waals surface area contributed by atoms with E-state index in [1.165, 1.54) is 25.7 Å². The van der Waals surface area contributed by atoms with E-state index in [4.69, 9.17) is 0 Å². The minimum atomic E-state index is 0.0466. The standard InChI is InChI=1S/C20H26N6O/c27-20(17-6-5-9-21-16-17)26-14-12-25(13-15-26)19-8-7-18(22-23-19)24-10-3-1-2-4-11-24/h5-9,16H,1-4,10-15H2. The summed E-state index contributed by atoms with van der Waals surface area (Å²) < 4.78 is 0. The lowest BCUT2D eigenvalue weighted by Gasteiger charge is -2.35. The number of piperazine rings is 1. The predicted octanol–water partition coefficient (Wildman–Crippen LogP) is 2.21. The molecule has 7 heteroatoms. The van der Waals surface area contributed by atoms with Crippen LogP contribution in [0.15, 0.2) is 36.7 Å². The van der Waals surface area contributed by atoms with E-state index in [1.54, 1.807) is 18.5 Å². The van der Waals surface area contributed by atoms with Gasteiger partial charge in [-0.3, -0.25) is 9.78 Å². The molecule has 2 saturated heterocycles. The predicted molar refractivity (Wildman–Crippen MR) is 105 cm³/mol. The molecule has 0 N–H and O–H groups in total. The molecular formula is C20H26N6O. The lowest BCUT2D eigenvalue weighted by Crippen LogP contribution is -2.49. The Hall–Kier alpha value is -2.70. The molecule has 0 unspecified atom stereocenters. The first-order valence-electron chi connectivity index (χ1n) is 9.84. The summed E-state index contributed by atoms with van der Waals surface area (Å²) in [4.78, 5) is 23.0. The Morgan fingerprint density at radius 2 is 1.41 bits per heavy atom. The highest BCUT2D eigenvalue weighted by molar-refractivity contribution is 5.94. The van der Waals surface area contributed by atoms with E-state index >= 15 is 0 Å². The van der Waals surface area contributed by atoms with Gasteiger partial charge in [0.25, 0.3) is 5.91 Å². The van der Waals surface area contributed by atoms with Crippen LogP contribution in [0.25, 0.3) is 0 Å². The van der Waals surface area contributed by atoms with Crippen molar-refractivity contribution in [1.29, 1.82) is 0 Å². The molecule has 2 aromatic heterocycles.